The molecular formula is C21H25N3OS. The third-order valence-corrected chi connectivity index (χ3v) is 5.04. The third kappa shape index (κ3) is 5.77. The molecule has 4 nitrogen and oxygen atoms in total. The second-order valence-electron chi connectivity index (χ2n) is 6.09. The molecule has 0 saturated heterocycles. The molecule has 0 spiro atoms. The standard InChI is InChI=1S/C21H25N3OS/c1-17(18-7-3-2-4-8-18)24-21(22-13-11-19-9-5-15-25-19)23-14-12-20-10-6-16-26-20/h2-10,15-17H,11-14H2,1H3,(H2,22,23,24). The van der Waals surface area contributed by atoms with Crippen molar-refractivity contribution in [1.82, 2.24) is 10.6 Å². The van der Waals surface area contributed by atoms with Gasteiger partial charge in [0.05, 0.1) is 12.3 Å². The molecule has 1 unspecified atom stereocenters. The molecule has 2 aromatic heterocycles. The average Bonchev–Trinajstić information content (AvgIpc) is 3.36. The largest absolute Gasteiger partial charge is 0.469 e. The van der Waals surface area contributed by atoms with E-state index in [2.05, 4.69) is 59.3 Å². The minimum atomic E-state index is 0.188. The van der Waals surface area contributed by atoms with Gasteiger partial charge in [-0.3, -0.25) is 4.99 Å². The highest BCUT2D eigenvalue weighted by molar-refractivity contribution is 7.09. The summed E-state index contributed by atoms with van der Waals surface area (Å²) >= 11 is 1.78. The van der Waals surface area contributed by atoms with Crippen LogP contribution in [0.5, 0.6) is 0 Å². The van der Waals surface area contributed by atoms with Gasteiger partial charge in [-0.2, -0.15) is 0 Å². The Bertz CT molecular complexity index is 767. The molecule has 26 heavy (non-hydrogen) atoms. The van der Waals surface area contributed by atoms with E-state index in [1.165, 1.54) is 10.4 Å². The minimum absolute atomic E-state index is 0.188. The van der Waals surface area contributed by atoms with Gasteiger partial charge in [-0.1, -0.05) is 36.4 Å². The Morgan fingerprint density at radius 1 is 1.08 bits per heavy atom. The Balaban J connectivity index is 1.57. The smallest absolute Gasteiger partial charge is 0.191 e. The zero-order valence-corrected chi connectivity index (χ0v) is 15.8. The quantitative estimate of drug-likeness (QED) is 0.458. The first kappa shape index (κ1) is 18.3. The van der Waals surface area contributed by atoms with Gasteiger partial charge >= 0.3 is 0 Å². The number of benzene rings is 1. The second kappa shape index (κ2) is 9.82. The highest BCUT2D eigenvalue weighted by atomic mass is 32.1. The van der Waals surface area contributed by atoms with Crippen LogP contribution < -0.4 is 10.6 Å². The second-order valence-corrected chi connectivity index (χ2v) is 7.12. The Morgan fingerprint density at radius 3 is 2.69 bits per heavy atom. The predicted octanol–water partition coefficient (Wildman–Crippen LogP) is 4.42. The lowest BCUT2D eigenvalue weighted by Crippen LogP contribution is -2.40. The molecule has 0 aliphatic carbocycles. The molecule has 3 aromatic rings. The normalized spacial score (nSPS) is 12.7. The Labute approximate surface area is 159 Å². The van der Waals surface area contributed by atoms with Gasteiger partial charge < -0.3 is 15.1 Å². The predicted molar refractivity (Wildman–Crippen MR) is 109 cm³/mol. The van der Waals surface area contributed by atoms with E-state index in [-0.39, 0.29) is 6.04 Å². The molecule has 1 atom stereocenters. The van der Waals surface area contributed by atoms with Crippen LogP contribution in [-0.2, 0) is 12.8 Å². The van der Waals surface area contributed by atoms with E-state index in [4.69, 9.17) is 9.41 Å². The average molecular weight is 368 g/mol. The lowest BCUT2D eigenvalue weighted by atomic mass is 10.1. The molecule has 136 valence electrons. The van der Waals surface area contributed by atoms with Gasteiger partial charge in [-0.25, -0.2) is 0 Å². The molecule has 1 aromatic carbocycles. The van der Waals surface area contributed by atoms with Gasteiger partial charge in [0.25, 0.3) is 0 Å². The first-order valence-corrected chi connectivity index (χ1v) is 9.84. The topological polar surface area (TPSA) is 49.6 Å². The van der Waals surface area contributed by atoms with Crippen molar-refractivity contribution in [3.8, 4) is 0 Å². The molecule has 2 heterocycles. The molecule has 0 aliphatic rings. The fraction of sp³-hybridized carbons (Fsp3) is 0.286. The summed E-state index contributed by atoms with van der Waals surface area (Å²) < 4.78 is 5.40. The van der Waals surface area contributed by atoms with E-state index >= 15 is 0 Å². The molecule has 0 saturated carbocycles. The molecule has 2 N–H and O–H groups in total. The van der Waals surface area contributed by atoms with Crippen molar-refractivity contribution in [3.05, 3.63) is 82.4 Å². The molecule has 0 bridgehead atoms. The summed E-state index contributed by atoms with van der Waals surface area (Å²) in [5.41, 5.74) is 1.24. The van der Waals surface area contributed by atoms with Crippen molar-refractivity contribution in [2.45, 2.75) is 25.8 Å². The maximum atomic E-state index is 5.40. The number of guanidine groups is 1. The SMILES string of the molecule is CC(NC(=NCCc1cccs1)NCCc1ccco1)c1ccccc1. The van der Waals surface area contributed by atoms with Crippen LogP contribution in [-0.4, -0.2) is 19.0 Å². The minimum Gasteiger partial charge on any atom is -0.469 e. The van der Waals surface area contributed by atoms with Crippen LogP contribution in [0.15, 0.2) is 75.7 Å². The first-order chi connectivity index (χ1) is 12.8. The van der Waals surface area contributed by atoms with Crippen molar-refractivity contribution in [1.29, 1.82) is 0 Å². The summed E-state index contributed by atoms with van der Waals surface area (Å²) in [6.07, 6.45) is 3.50. The van der Waals surface area contributed by atoms with Crippen LogP contribution >= 0.6 is 11.3 Å². The number of nitrogens with zero attached hydrogens (tertiary/aromatic N) is 1. The van der Waals surface area contributed by atoms with Crippen LogP contribution in [0.25, 0.3) is 0 Å². The van der Waals surface area contributed by atoms with Crippen LogP contribution in [0.1, 0.15) is 29.2 Å². The van der Waals surface area contributed by atoms with E-state index in [0.29, 0.717) is 0 Å². The molecule has 0 amide bonds. The number of nitrogens with one attached hydrogen (secondary N) is 2. The van der Waals surface area contributed by atoms with Gasteiger partial charge in [0.2, 0.25) is 0 Å². The molecule has 5 heteroatoms. The first-order valence-electron chi connectivity index (χ1n) is 8.96. The molecular weight excluding hydrogens is 342 g/mol. The summed E-state index contributed by atoms with van der Waals surface area (Å²) in [6.45, 7) is 3.69. The monoisotopic (exact) mass is 367 g/mol. The van der Waals surface area contributed by atoms with Crippen LogP contribution in [0, 0.1) is 0 Å². The van der Waals surface area contributed by atoms with Gasteiger partial charge in [0, 0.05) is 30.8 Å². The molecule has 0 radical (unpaired) electrons. The lowest BCUT2D eigenvalue weighted by Gasteiger charge is -2.18. The third-order valence-electron chi connectivity index (χ3n) is 4.10. The van der Waals surface area contributed by atoms with Gasteiger partial charge in [0.15, 0.2) is 5.96 Å². The summed E-state index contributed by atoms with van der Waals surface area (Å²) in [5.74, 6) is 1.82. The molecule has 0 fully saturated rings. The maximum Gasteiger partial charge on any atom is 0.191 e. The number of aliphatic imine (C=N–C) groups is 1. The fourth-order valence-corrected chi connectivity index (χ4v) is 3.37. The summed E-state index contributed by atoms with van der Waals surface area (Å²) in [4.78, 5) is 6.11. The van der Waals surface area contributed by atoms with Crippen LogP contribution in [0.2, 0.25) is 0 Å². The number of rotatable bonds is 8. The lowest BCUT2D eigenvalue weighted by molar-refractivity contribution is 0.506. The Hall–Kier alpha value is -2.53. The number of hydrogen-bond acceptors (Lipinski definition) is 3. The summed E-state index contributed by atoms with van der Waals surface area (Å²) in [6, 6.07) is 18.8. The van der Waals surface area contributed by atoms with E-state index in [9.17, 15) is 0 Å². The van der Waals surface area contributed by atoms with Crippen LogP contribution in [0.3, 0.4) is 0 Å². The Kier molecular flexibility index (Phi) is 6.90. The van der Waals surface area contributed by atoms with Gasteiger partial charge in [0.1, 0.15) is 5.76 Å². The van der Waals surface area contributed by atoms with Crippen molar-refractivity contribution in [2.24, 2.45) is 4.99 Å². The van der Waals surface area contributed by atoms with Crippen LogP contribution in [0.4, 0.5) is 0 Å². The number of hydrogen-bond donors (Lipinski definition) is 2. The van der Waals surface area contributed by atoms with Crippen molar-refractivity contribution < 1.29 is 4.42 Å². The van der Waals surface area contributed by atoms with Gasteiger partial charge in [-0.05, 0) is 36.1 Å². The summed E-state index contributed by atoms with van der Waals surface area (Å²) in [7, 11) is 0. The van der Waals surface area contributed by atoms with Crippen molar-refractivity contribution in [2.75, 3.05) is 13.1 Å². The van der Waals surface area contributed by atoms with E-state index in [1.807, 2.05) is 18.2 Å². The van der Waals surface area contributed by atoms with E-state index in [1.54, 1.807) is 17.6 Å². The molecule has 3 rings (SSSR count). The number of thiophene rings is 1. The van der Waals surface area contributed by atoms with Crippen molar-refractivity contribution >= 4 is 17.3 Å². The summed E-state index contributed by atoms with van der Waals surface area (Å²) in [5, 5.41) is 9.03. The number of furan rings is 1. The highest BCUT2D eigenvalue weighted by Crippen LogP contribution is 2.11. The van der Waals surface area contributed by atoms with Crippen molar-refractivity contribution in [3.63, 3.8) is 0 Å². The highest BCUT2D eigenvalue weighted by Gasteiger charge is 2.08. The van der Waals surface area contributed by atoms with Gasteiger partial charge in [-0.15, -0.1) is 11.3 Å². The zero-order chi connectivity index (χ0) is 18.0. The fourth-order valence-electron chi connectivity index (χ4n) is 2.67. The Morgan fingerprint density at radius 2 is 1.96 bits per heavy atom. The van der Waals surface area contributed by atoms with E-state index in [0.717, 1.165) is 37.7 Å². The maximum absolute atomic E-state index is 5.40. The molecule has 0 aliphatic heterocycles. The van der Waals surface area contributed by atoms with E-state index < -0.39 is 0 Å². The zero-order valence-electron chi connectivity index (χ0n) is 15.0.